The van der Waals surface area contributed by atoms with Crippen molar-refractivity contribution in [1.29, 1.82) is 0 Å². The molecule has 0 fully saturated rings. The number of hydrogen-bond donors (Lipinski definition) is 0. The van der Waals surface area contributed by atoms with Crippen molar-refractivity contribution in [3.63, 3.8) is 0 Å². The summed E-state index contributed by atoms with van der Waals surface area (Å²) < 4.78 is 0. The van der Waals surface area contributed by atoms with Crippen LogP contribution in [0, 0.1) is 0 Å². The molecule has 0 heterocycles. The Labute approximate surface area is 47.8 Å². The molecular formula is C6H6N2. The molecule has 0 bridgehead atoms. The fourth-order valence-electron chi connectivity index (χ4n) is 0.578. The molecule has 0 amide bonds. The lowest BCUT2D eigenvalue weighted by atomic mass is 10.2. The smallest absolute Gasteiger partial charge is 0.314 e. The Kier molecular flexibility index (Phi) is 1.40. The minimum Gasteiger partial charge on any atom is -0.361 e. The molecule has 0 aromatic carbocycles. The molecule has 0 unspecified atom stereocenters. The lowest BCUT2D eigenvalue weighted by Crippen LogP contribution is -1.90. The molecule has 1 rings (SSSR count). The van der Waals surface area contributed by atoms with E-state index in [9.17, 15) is 0 Å². The molecule has 0 spiro atoms. The SMILES string of the molecule is [N-]=[N+]=C1C=CCC=C1. The van der Waals surface area contributed by atoms with Crippen LogP contribution in [0.2, 0.25) is 0 Å². The maximum atomic E-state index is 8.18. The van der Waals surface area contributed by atoms with E-state index in [1.54, 1.807) is 12.2 Å². The van der Waals surface area contributed by atoms with E-state index in [2.05, 4.69) is 4.79 Å². The third kappa shape index (κ3) is 0.922. The highest BCUT2D eigenvalue weighted by molar-refractivity contribution is 6.00. The Bertz CT molecular complexity index is 169. The minimum atomic E-state index is 0.622. The van der Waals surface area contributed by atoms with Crippen LogP contribution in [0.1, 0.15) is 6.42 Å². The second-order valence-electron chi connectivity index (χ2n) is 1.57. The van der Waals surface area contributed by atoms with Gasteiger partial charge in [-0.3, -0.25) is 0 Å². The van der Waals surface area contributed by atoms with Gasteiger partial charge in [0.15, 0.2) is 0 Å². The van der Waals surface area contributed by atoms with Crippen molar-refractivity contribution in [2.24, 2.45) is 0 Å². The van der Waals surface area contributed by atoms with E-state index in [1.807, 2.05) is 12.2 Å². The van der Waals surface area contributed by atoms with Crippen LogP contribution >= 0.6 is 0 Å². The zero-order chi connectivity index (χ0) is 5.82. The van der Waals surface area contributed by atoms with Gasteiger partial charge < -0.3 is 5.53 Å². The molecule has 1 aliphatic rings. The Morgan fingerprint density at radius 2 is 2.00 bits per heavy atom. The van der Waals surface area contributed by atoms with Gasteiger partial charge in [-0.25, -0.2) is 0 Å². The molecule has 0 saturated carbocycles. The fourth-order valence-corrected chi connectivity index (χ4v) is 0.578. The molecule has 40 valence electrons. The Morgan fingerprint density at radius 1 is 1.38 bits per heavy atom. The quantitative estimate of drug-likeness (QED) is 0.328. The molecule has 0 N–H and O–H groups in total. The Morgan fingerprint density at radius 3 is 2.38 bits per heavy atom. The van der Waals surface area contributed by atoms with Gasteiger partial charge in [-0.1, -0.05) is 12.2 Å². The lowest BCUT2D eigenvalue weighted by Gasteiger charge is -1.84. The fraction of sp³-hybridized carbons (Fsp3) is 0.167. The standard InChI is InChI=1S/C6H6N2/c7-8-6-4-2-1-3-5-6/h2-5H,1H2. The summed E-state index contributed by atoms with van der Waals surface area (Å²) in [6.45, 7) is 0. The first-order valence-corrected chi connectivity index (χ1v) is 2.48. The first-order valence-electron chi connectivity index (χ1n) is 2.48. The van der Waals surface area contributed by atoms with Crippen LogP contribution in [0.15, 0.2) is 24.3 Å². The van der Waals surface area contributed by atoms with Gasteiger partial charge in [0.2, 0.25) is 0 Å². The van der Waals surface area contributed by atoms with E-state index in [1.165, 1.54) is 0 Å². The van der Waals surface area contributed by atoms with E-state index in [0.29, 0.717) is 5.71 Å². The topological polar surface area (TPSA) is 36.4 Å². The van der Waals surface area contributed by atoms with Crippen molar-refractivity contribution in [2.75, 3.05) is 0 Å². The first-order chi connectivity index (χ1) is 3.93. The van der Waals surface area contributed by atoms with Crippen LogP contribution in [0.25, 0.3) is 5.53 Å². The third-order valence-electron chi connectivity index (χ3n) is 0.965. The molecule has 2 heteroatoms. The van der Waals surface area contributed by atoms with Gasteiger partial charge in [0, 0.05) is 12.2 Å². The van der Waals surface area contributed by atoms with Crippen molar-refractivity contribution < 1.29 is 4.79 Å². The Hall–Kier alpha value is -1.14. The van der Waals surface area contributed by atoms with Gasteiger partial charge in [0.05, 0.1) is 0 Å². The van der Waals surface area contributed by atoms with Crippen LogP contribution in [0.4, 0.5) is 0 Å². The predicted molar refractivity (Wildman–Crippen MR) is 31.5 cm³/mol. The molecule has 0 saturated heterocycles. The molecule has 2 nitrogen and oxygen atoms in total. The molecule has 0 aliphatic heterocycles. The zero-order valence-electron chi connectivity index (χ0n) is 4.41. The summed E-state index contributed by atoms with van der Waals surface area (Å²) in [4.78, 5) is 2.99. The van der Waals surface area contributed by atoms with Gasteiger partial charge >= 0.3 is 5.71 Å². The van der Waals surface area contributed by atoms with Crippen LogP contribution in [-0.2, 0) is 0 Å². The summed E-state index contributed by atoms with van der Waals surface area (Å²) in [5.74, 6) is 0. The van der Waals surface area contributed by atoms with Gasteiger partial charge in [-0.05, 0) is 6.42 Å². The summed E-state index contributed by atoms with van der Waals surface area (Å²) in [6.07, 6.45) is 8.38. The Balaban J connectivity index is 2.84. The van der Waals surface area contributed by atoms with Crippen LogP contribution in [0.5, 0.6) is 0 Å². The summed E-state index contributed by atoms with van der Waals surface area (Å²) >= 11 is 0. The molecule has 1 aliphatic carbocycles. The summed E-state index contributed by atoms with van der Waals surface area (Å²) in [5.41, 5.74) is 8.80. The molecule has 0 aromatic rings. The minimum absolute atomic E-state index is 0.622. The lowest BCUT2D eigenvalue weighted by molar-refractivity contribution is -0.00161. The van der Waals surface area contributed by atoms with Crippen LogP contribution in [-0.4, -0.2) is 10.5 Å². The highest BCUT2D eigenvalue weighted by Crippen LogP contribution is 1.94. The van der Waals surface area contributed by atoms with E-state index in [0.717, 1.165) is 6.42 Å². The van der Waals surface area contributed by atoms with E-state index >= 15 is 0 Å². The molecule has 0 atom stereocenters. The van der Waals surface area contributed by atoms with Gasteiger partial charge in [-0.2, -0.15) is 4.79 Å². The van der Waals surface area contributed by atoms with Gasteiger partial charge in [-0.15, -0.1) is 0 Å². The summed E-state index contributed by atoms with van der Waals surface area (Å²) in [5, 5.41) is 0. The van der Waals surface area contributed by atoms with Gasteiger partial charge in [0.1, 0.15) is 0 Å². The van der Waals surface area contributed by atoms with E-state index in [4.69, 9.17) is 5.53 Å². The first kappa shape index (κ1) is 5.01. The van der Waals surface area contributed by atoms with Crippen molar-refractivity contribution in [1.82, 2.24) is 0 Å². The number of hydrogen-bond acceptors (Lipinski definition) is 0. The summed E-state index contributed by atoms with van der Waals surface area (Å²) in [6, 6.07) is 0. The molecular weight excluding hydrogens is 100 g/mol. The highest BCUT2D eigenvalue weighted by Gasteiger charge is 1.96. The number of nitrogens with zero attached hydrogens (tertiary/aromatic N) is 2. The molecule has 0 radical (unpaired) electrons. The second kappa shape index (κ2) is 2.24. The molecule has 8 heavy (non-hydrogen) atoms. The predicted octanol–water partition coefficient (Wildman–Crippen LogP) is 1.17. The van der Waals surface area contributed by atoms with Crippen LogP contribution in [0.3, 0.4) is 0 Å². The maximum absolute atomic E-state index is 8.18. The van der Waals surface area contributed by atoms with E-state index < -0.39 is 0 Å². The maximum Gasteiger partial charge on any atom is 0.314 e. The van der Waals surface area contributed by atoms with E-state index in [-0.39, 0.29) is 0 Å². The monoisotopic (exact) mass is 106 g/mol. The zero-order valence-corrected chi connectivity index (χ0v) is 4.41. The second-order valence-corrected chi connectivity index (χ2v) is 1.57. The number of allylic oxidation sites excluding steroid dienone is 4. The largest absolute Gasteiger partial charge is 0.361 e. The summed E-state index contributed by atoms with van der Waals surface area (Å²) in [7, 11) is 0. The van der Waals surface area contributed by atoms with Crippen LogP contribution < -0.4 is 0 Å². The van der Waals surface area contributed by atoms with Crippen molar-refractivity contribution in [3.8, 4) is 0 Å². The van der Waals surface area contributed by atoms with Crippen molar-refractivity contribution in [2.45, 2.75) is 6.42 Å². The number of rotatable bonds is 0. The highest BCUT2D eigenvalue weighted by atomic mass is 14.8. The van der Waals surface area contributed by atoms with Gasteiger partial charge in [0.25, 0.3) is 0 Å². The normalized spacial score (nSPS) is 16.2. The van der Waals surface area contributed by atoms with Crippen molar-refractivity contribution >= 4 is 5.71 Å². The average Bonchev–Trinajstić information content (AvgIpc) is 1.90. The third-order valence-corrected chi connectivity index (χ3v) is 0.965. The average molecular weight is 106 g/mol. The molecule has 0 aromatic heterocycles. The van der Waals surface area contributed by atoms with Crippen molar-refractivity contribution in [3.05, 3.63) is 29.8 Å².